The number of rotatable bonds is 5. The first-order valence-electron chi connectivity index (χ1n) is 5.60. The van der Waals surface area contributed by atoms with Crippen LogP contribution in [0.1, 0.15) is 25.1 Å². The summed E-state index contributed by atoms with van der Waals surface area (Å²) >= 11 is 0. The van der Waals surface area contributed by atoms with Gasteiger partial charge in [0, 0.05) is 19.0 Å². The van der Waals surface area contributed by atoms with E-state index < -0.39 is 24.6 Å². The number of nitrogens with zero attached hydrogens (tertiary/aromatic N) is 2. The van der Waals surface area contributed by atoms with Gasteiger partial charge in [-0.25, -0.2) is 9.97 Å². The Labute approximate surface area is 110 Å². The third-order valence-corrected chi connectivity index (χ3v) is 2.19. The van der Waals surface area contributed by atoms with Crippen LogP contribution in [0.2, 0.25) is 0 Å². The lowest BCUT2D eigenvalue weighted by atomic mass is 10.2. The molecule has 0 aromatic carbocycles. The maximum Gasteiger partial charge on any atom is 0.451 e. The highest BCUT2D eigenvalue weighted by molar-refractivity contribution is 5.44. The molecule has 0 saturated heterocycles. The predicted molar refractivity (Wildman–Crippen MR) is 59.8 cm³/mol. The van der Waals surface area contributed by atoms with Crippen molar-refractivity contribution in [2.45, 2.75) is 31.6 Å². The van der Waals surface area contributed by atoms with E-state index in [1.54, 1.807) is 0 Å². The number of alkyl halides is 6. The van der Waals surface area contributed by atoms with Crippen molar-refractivity contribution in [2.24, 2.45) is 0 Å². The number of hydrogen-bond donors (Lipinski definition) is 2. The van der Waals surface area contributed by atoms with Crippen molar-refractivity contribution < 1.29 is 26.3 Å². The normalized spacial score (nSPS) is 12.5. The fourth-order valence-electron chi connectivity index (χ4n) is 1.35. The van der Waals surface area contributed by atoms with E-state index in [4.69, 9.17) is 5.73 Å². The third kappa shape index (κ3) is 5.93. The van der Waals surface area contributed by atoms with Crippen LogP contribution in [0.4, 0.5) is 38.0 Å². The number of nitrogens with two attached hydrogens (primary N) is 1. The molecule has 10 heteroatoms. The number of halogens is 6. The first-order chi connectivity index (χ1) is 9.08. The predicted octanol–water partition coefficient (Wildman–Crippen LogP) is 3.22. The molecule has 0 atom stereocenters. The van der Waals surface area contributed by atoms with Crippen LogP contribution in [0.3, 0.4) is 0 Å². The molecular formula is C10H12F6N4. The summed E-state index contributed by atoms with van der Waals surface area (Å²) in [6, 6.07) is 1.08. The maximum atomic E-state index is 12.4. The van der Waals surface area contributed by atoms with Crippen LogP contribution in [0.25, 0.3) is 0 Å². The minimum atomic E-state index is -4.73. The van der Waals surface area contributed by atoms with Crippen molar-refractivity contribution in [3.63, 3.8) is 0 Å². The summed E-state index contributed by atoms with van der Waals surface area (Å²) in [6.45, 7) is 0.0594. The molecule has 1 aromatic heterocycles. The van der Waals surface area contributed by atoms with Gasteiger partial charge in [-0.05, 0) is 12.8 Å². The second kappa shape index (κ2) is 6.14. The van der Waals surface area contributed by atoms with E-state index in [-0.39, 0.29) is 31.0 Å². The largest absolute Gasteiger partial charge is 0.451 e. The highest BCUT2D eigenvalue weighted by Gasteiger charge is 2.35. The molecule has 0 bridgehead atoms. The molecule has 0 aliphatic rings. The van der Waals surface area contributed by atoms with Gasteiger partial charge in [-0.1, -0.05) is 0 Å². The molecule has 0 spiro atoms. The summed E-state index contributed by atoms with van der Waals surface area (Å²) in [4.78, 5) is 6.24. The van der Waals surface area contributed by atoms with Crippen LogP contribution in [0.15, 0.2) is 6.07 Å². The molecule has 20 heavy (non-hydrogen) atoms. The number of nitrogen functional groups attached to an aromatic ring is 1. The zero-order valence-electron chi connectivity index (χ0n) is 10.1. The molecule has 0 fully saturated rings. The van der Waals surface area contributed by atoms with Crippen molar-refractivity contribution in [3.05, 3.63) is 11.9 Å². The van der Waals surface area contributed by atoms with Crippen LogP contribution < -0.4 is 11.1 Å². The monoisotopic (exact) mass is 302 g/mol. The van der Waals surface area contributed by atoms with Crippen LogP contribution in [0.5, 0.6) is 0 Å². The van der Waals surface area contributed by atoms with Gasteiger partial charge in [0.1, 0.15) is 11.6 Å². The van der Waals surface area contributed by atoms with E-state index >= 15 is 0 Å². The number of hydrogen-bond acceptors (Lipinski definition) is 4. The Bertz CT molecular complexity index is 442. The highest BCUT2D eigenvalue weighted by Crippen LogP contribution is 2.27. The molecule has 1 heterocycles. The van der Waals surface area contributed by atoms with Crippen molar-refractivity contribution >= 4 is 11.6 Å². The summed E-state index contributed by atoms with van der Waals surface area (Å²) in [7, 11) is 0. The van der Waals surface area contributed by atoms with Crippen LogP contribution >= 0.6 is 0 Å². The van der Waals surface area contributed by atoms with Gasteiger partial charge in [-0.3, -0.25) is 0 Å². The fourth-order valence-corrected chi connectivity index (χ4v) is 1.35. The molecule has 4 nitrogen and oxygen atoms in total. The topological polar surface area (TPSA) is 63.8 Å². The quantitative estimate of drug-likeness (QED) is 0.647. The zero-order valence-corrected chi connectivity index (χ0v) is 10.1. The standard InChI is InChI=1S/C10H12F6N4/c11-9(12,13)3-1-2-4-18-7-5-6(17)19-8(20-7)10(14,15)16/h5H,1-4H2,(H3,17,18,19,20). The summed E-state index contributed by atoms with van der Waals surface area (Å²) in [6.07, 6.45) is -9.88. The van der Waals surface area contributed by atoms with Crippen molar-refractivity contribution in [1.82, 2.24) is 9.97 Å². The van der Waals surface area contributed by atoms with Gasteiger partial charge in [0.15, 0.2) is 0 Å². The Morgan fingerprint density at radius 1 is 1.05 bits per heavy atom. The van der Waals surface area contributed by atoms with Gasteiger partial charge in [-0.2, -0.15) is 26.3 Å². The van der Waals surface area contributed by atoms with Gasteiger partial charge in [0.05, 0.1) is 0 Å². The maximum absolute atomic E-state index is 12.4. The molecule has 114 valence electrons. The van der Waals surface area contributed by atoms with Crippen molar-refractivity contribution in [1.29, 1.82) is 0 Å². The molecule has 0 amide bonds. The van der Waals surface area contributed by atoms with E-state index in [9.17, 15) is 26.3 Å². The molecular weight excluding hydrogens is 290 g/mol. The lowest BCUT2D eigenvalue weighted by molar-refractivity contribution is -0.144. The van der Waals surface area contributed by atoms with E-state index in [1.807, 2.05) is 0 Å². The first-order valence-corrected chi connectivity index (χ1v) is 5.60. The zero-order chi connectivity index (χ0) is 15.4. The second-order valence-electron chi connectivity index (χ2n) is 4.00. The minimum absolute atomic E-state index is 0.0594. The fraction of sp³-hybridized carbons (Fsp3) is 0.600. The number of unbranched alkanes of at least 4 members (excludes halogenated alkanes) is 1. The molecule has 0 aliphatic carbocycles. The minimum Gasteiger partial charge on any atom is -0.384 e. The van der Waals surface area contributed by atoms with Crippen LogP contribution in [-0.2, 0) is 6.18 Å². The van der Waals surface area contributed by atoms with Gasteiger partial charge < -0.3 is 11.1 Å². The second-order valence-corrected chi connectivity index (χ2v) is 4.00. The Morgan fingerprint density at radius 3 is 2.25 bits per heavy atom. The highest BCUT2D eigenvalue weighted by atomic mass is 19.4. The van der Waals surface area contributed by atoms with E-state index in [0.29, 0.717) is 0 Å². The summed E-state index contributed by atoms with van der Waals surface area (Å²) < 4.78 is 72.7. The van der Waals surface area contributed by atoms with Crippen LogP contribution in [-0.4, -0.2) is 22.7 Å². The van der Waals surface area contributed by atoms with E-state index in [2.05, 4.69) is 15.3 Å². The van der Waals surface area contributed by atoms with E-state index in [0.717, 1.165) is 6.07 Å². The van der Waals surface area contributed by atoms with Gasteiger partial charge in [-0.15, -0.1) is 0 Å². The Kier molecular flexibility index (Phi) is 5.01. The smallest absolute Gasteiger partial charge is 0.384 e. The summed E-state index contributed by atoms with van der Waals surface area (Å²) in [5.74, 6) is -1.93. The summed E-state index contributed by atoms with van der Waals surface area (Å²) in [5, 5.41) is 2.49. The van der Waals surface area contributed by atoms with Crippen molar-refractivity contribution in [3.8, 4) is 0 Å². The van der Waals surface area contributed by atoms with Gasteiger partial charge in [0.25, 0.3) is 0 Å². The number of anilines is 2. The number of nitrogens with one attached hydrogen (secondary N) is 1. The van der Waals surface area contributed by atoms with Gasteiger partial charge in [0.2, 0.25) is 5.82 Å². The lowest BCUT2D eigenvalue weighted by Crippen LogP contribution is -2.15. The molecule has 3 N–H and O–H groups in total. The number of aromatic nitrogens is 2. The van der Waals surface area contributed by atoms with Gasteiger partial charge >= 0.3 is 12.4 Å². The Hall–Kier alpha value is -1.74. The average Bonchev–Trinajstić information content (AvgIpc) is 2.25. The molecule has 0 saturated carbocycles. The van der Waals surface area contributed by atoms with E-state index in [1.165, 1.54) is 0 Å². The Balaban J connectivity index is 2.50. The average molecular weight is 302 g/mol. The molecule has 1 aromatic rings. The first kappa shape index (κ1) is 16.3. The molecule has 0 aliphatic heterocycles. The summed E-state index contributed by atoms with van der Waals surface area (Å²) in [5.41, 5.74) is 5.20. The molecule has 0 radical (unpaired) electrons. The van der Waals surface area contributed by atoms with Crippen molar-refractivity contribution in [2.75, 3.05) is 17.6 Å². The SMILES string of the molecule is Nc1cc(NCCCCC(F)(F)F)nc(C(F)(F)F)n1. The molecule has 0 unspecified atom stereocenters. The lowest BCUT2D eigenvalue weighted by Gasteiger charge is -2.10. The Morgan fingerprint density at radius 2 is 1.70 bits per heavy atom. The van der Waals surface area contributed by atoms with Crippen LogP contribution in [0, 0.1) is 0 Å². The molecule has 1 rings (SSSR count). The third-order valence-electron chi connectivity index (χ3n) is 2.19.